The van der Waals surface area contributed by atoms with Crippen LogP contribution in [0.4, 0.5) is 4.39 Å². The van der Waals surface area contributed by atoms with Crippen molar-refractivity contribution in [2.24, 2.45) is 0 Å². The molecule has 0 unspecified atom stereocenters. The van der Waals surface area contributed by atoms with E-state index >= 15 is 0 Å². The Morgan fingerprint density at radius 3 is 2.79 bits per heavy atom. The zero-order valence-electron chi connectivity index (χ0n) is 7.58. The number of benzene rings is 1. The van der Waals surface area contributed by atoms with Crippen molar-refractivity contribution in [1.29, 1.82) is 0 Å². The van der Waals surface area contributed by atoms with Crippen molar-refractivity contribution in [3.8, 4) is 0 Å². The first kappa shape index (κ1) is 9.90. The molecule has 0 aromatic heterocycles. The maximum absolute atomic E-state index is 13.0. The molecule has 0 atom stereocenters. The highest BCUT2D eigenvalue weighted by molar-refractivity contribution is 6.30. The van der Waals surface area contributed by atoms with Crippen molar-refractivity contribution in [3.63, 3.8) is 0 Å². The van der Waals surface area contributed by atoms with E-state index in [9.17, 15) is 4.39 Å². The lowest BCUT2D eigenvalue weighted by Gasteiger charge is -2.35. The van der Waals surface area contributed by atoms with Gasteiger partial charge in [-0.3, -0.25) is 4.90 Å². The van der Waals surface area contributed by atoms with E-state index in [0.717, 1.165) is 5.56 Å². The van der Waals surface area contributed by atoms with Gasteiger partial charge in [0.2, 0.25) is 0 Å². The molecule has 1 aliphatic rings. The number of hydrogen-bond donors (Lipinski definition) is 1. The van der Waals surface area contributed by atoms with Crippen molar-refractivity contribution in [1.82, 2.24) is 4.90 Å². The molecule has 14 heavy (non-hydrogen) atoms. The lowest BCUT2D eigenvalue weighted by Crippen LogP contribution is -2.49. The fourth-order valence-corrected chi connectivity index (χ4v) is 1.69. The summed E-state index contributed by atoms with van der Waals surface area (Å²) in [6, 6.07) is 4.80. The second-order valence-electron chi connectivity index (χ2n) is 3.60. The highest BCUT2D eigenvalue weighted by atomic mass is 35.5. The monoisotopic (exact) mass is 215 g/mol. The van der Waals surface area contributed by atoms with E-state index in [2.05, 4.69) is 0 Å². The summed E-state index contributed by atoms with van der Waals surface area (Å²) in [5, 5.41) is 9.21. The first-order valence-electron chi connectivity index (χ1n) is 4.49. The second kappa shape index (κ2) is 3.85. The lowest BCUT2D eigenvalue weighted by molar-refractivity contribution is -0.00289. The summed E-state index contributed by atoms with van der Waals surface area (Å²) in [5.41, 5.74) is 0.888. The topological polar surface area (TPSA) is 23.5 Å². The fraction of sp³-hybridized carbons (Fsp3) is 0.400. The van der Waals surface area contributed by atoms with Crippen LogP contribution in [-0.2, 0) is 6.54 Å². The van der Waals surface area contributed by atoms with Gasteiger partial charge in [0.05, 0.1) is 11.1 Å². The molecule has 1 saturated heterocycles. The first-order valence-corrected chi connectivity index (χ1v) is 4.87. The maximum Gasteiger partial charge on any atom is 0.142 e. The third-order valence-electron chi connectivity index (χ3n) is 2.33. The van der Waals surface area contributed by atoms with E-state index < -0.39 is 0 Å². The molecule has 1 heterocycles. The Morgan fingerprint density at radius 1 is 1.50 bits per heavy atom. The summed E-state index contributed by atoms with van der Waals surface area (Å²) < 4.78 is 13.0. The summed E-state index contributed by atoms with van der Waals surface area (Å²) in [7, 11) is 0. The maximum atomic E-state index is 13.0. The Hall–Kier alpha value is -0.640. The molecule has 1 N–H and O–H groups in total. The molecule has 0 bridgehead atoms. The predicted octanol–water partition coefficient (Wildman–Crippen LogP) is 1.66. The minimum absolute atomic E-state index is 0.150. The van der Waals surface area contributed by atoms with Crippen LogP contribution in [0.5, 0.6) is 0 Å². The highest BCUT2D eigenvalue weighted by Gasteiger charge is 2.23. The average molecular weight is 216 g/mol. The van der Waals surface area contributed by atoms with Crippen molar-refractivity contribution < 1.29 is 9.50 Å². The van der Waals surface area contributed by atoms with E-state index in [1.165, 1.54) is 6.07 Å². The van der Waals surface area contributed by atoms with Crippen LogP contribution in [0.25, 0.3) is 0 Å². The van der Waals surface area contributed by atoms with Crippen LogP contribution in [0.2, 0.25) is 5.02 Å². The molecule has 1 aromatic rings. The van der Waals surface area contributed by atoms with Crippen molar-refractivity contribution >= 4 is 11.6 Å². The van der Waals surface area contributed by atoms with Crippen molar-refractivity contribution in [3.05, 3.63) is 34.6 Å². The minimum atomic E-state index is -0.384. The highest BCUT2D eigenvalue weighted by Crippen LogP contribution is 2.18. The summed E-state index contributed by atoms with van der Waals surface area (Å²) in [6.07, 6.45) is -0.216. The van der Waals surface area contributed by atoms with E-state index in [1.54, 1.807) is 12.1 Å². The van der Waals surface area contributed by atoms with E-state index in [4.69, 9.17) is 16.7 Å². The van der Waals surface area contributed by atoms with Gasteiger partial charge in [-0.1, -0.05) is 17.7 Å². The Kier molecular flexibility index (Phi) is 2.72. The minimum Gasteiger partial charge on any atom is -0.390 e. The van der Waals surface area contributed by atoms with Gasteiger partial charge in [-0.15, -0.1) is 0 Å². The molecule has 1 fully saturated rings. The molecule has 1 aromatic carbocycles. The number of likely N-dealkylation sites (tertiary alicyclic amines) is 1. The summed E-state index contributed by atoms with van der Waals surface area (Å²) in [4.78, 5) is 2.05. The molecule has 2 nitrogen and oxygen atoms in total. The molecule has 0 aliphatic carbocycles. The van der Waals surface area contributed by atoms with Crippen LogP contribution in [-0.4, -0.2) is 29.2 Å². The molecule has 0 spiro atoms. The number of hydrogen-bond acceptors (Lipinski definition) is 2. The van der Waals surface area contributed by atoms with Crippen molar-refractivity contribution in [2.45, 2.75) is 12.6 Å². The van der Waals surface area contributed by atoms with E-state index in [1.807, 2.05) is 4.90 Å². The Balaban J connectivity index is 2.00. The standard InChI is InChI=1S/C10H11ClFNO/c11-9-2-1-7(3-10(9)12)4-13-5-8(14)6-13/h1-3,8,14H,4-6H2. The van der Waals surface area contributed by atoms with Gasteiger partial charge in [0.25, 0.3) is 0 Å². The number of rotatable bonds is 2. The van der Waals surface area contributed by atoms with Crippen LogP contribution >= 0.6 is 11.6 Å². The van der Waals surface area contributed by atoms with Gasteiger partial charge in [-0.25, -0.2) is 4.39 Å². The SMILES string of the molecule is OC1CN(Cc2ccc(Cl)c(F)c2)C1. The summed E-state index contributed by atoms with van der Waals surface area (Å²) >= 11 is 5.56. The predicted molar refractivity (Wildman–Crippen MR) is 52.7 cm³/mol. The van der Waals surface area contributed by atoms with Crippen LogP contribution < -0.4 is 0 Å². The third-order valence-corrected chi connectivity index (χ3v) is 2.63. The Morgan fingerprint density at radius 2 is 2.21 bits per heavy atom. The van der Waals surface area contributed by atoms with Crippen molar-refractivity contribution in [2.75, 3.05) is 13.1 Å². The van der Waals surface area contributed by atoms with Crippen LogP contribution in [0.15, 0.2) is 18.2 Å². The van der Waals surface area contributed by atoms with E-state index in [0.29, 0.717) is 19.6 Å². The van der Waals surface area contributed by atoms with Crippen LogP contribution in [0, 0.1) is 5.82 Å². The fourth-order valence-electron chi connectivity index (χ4n) is 1.57. The summed E-state index contributed by atoms with van der Waals surface area (Å²) in [5.74, 6) is -0.384. The Labute approximate surface area is 86.9 Å². The van der Waals surface area contributed by atoms with Gasteiger partial charge in [0, 0.05) is 19.6 Å². The quantitative estimate of drug-likeness (QED) is 0.811. The van der Waals surface area contributed by atoms with Gasteiger partial charge in [-0.05, 0) is 17.7 Å². The number of nitrogens with zero attached hydrogens (tertiary/aromatic N) is 1. The molecule has 76 valence electrons. The molecule has 4 heteroatoms. The molecule has 0 radical (unpaired) electrons. The number of halogens is 2. The van der Waals surface area contributed by atoms with Gasteiger partial charge < -0.3 is 5.11 Å². The van der Waals surface area contributed by atoms with Gasteiger partial charge in [0.1, 0.15) is 5.82 Å². The molecular formula is C10H11ClFNO. The van der Waals surface area contributed by atoms with Gasteiger partial charge in [-0.2, -0.15) is 0 Å². The Bertz CT molecular complexity index is 339. The smallest absolute Gasteiger partial charge is 0.142 e. The average Bonchev–Trinajstić information content (AvgIpc) is 2.09. The summed E-state index contributed by atoms with van der Waals surface area (Å²) in [6.45, 7) is 2.01. The number of aliphatic hydroxyl groups excluding tert-OH is 1. The van der Waals surface area contributed by atoms with Crippen LogP contribution in [0.3, 0.4) is 0 Å². The molecular weight excluding hydrogens is 205 g/mol. The van der Waals surface area contributed by atoms with Crippen LogP contribution in [0.1, 0.15) is 5.56 Å². The molecule has 0 saturated carbocycles. The number of β-amino-alcohol motifs (C(OH)–C–C–N with tert-alkyl or cyclic N) is 1. The normalized spacial score (nSPS) is 18.2. The van der Waals surface area contributed by atoms with Gasteiger partial charge in [0.15, 0.2) is 0 Å². The zero-order chi connectivity index (χ0) is 10.1. The number of aliphatic hydroxyl groups is 1. The molecule has 2 rings (SSSR count). The largest absolute Gasteiger partial charge is 0.390 e. The molecule has 1 aliphatic heterocycles. The third kappa shape index (κ3) is 2.05. The van der Waals surface area contributed by atoms with Gasteiger partial charge >= 0.3 is 0 Å². The zero-order valence-corrected chi connectivity index (χ0v) is 8.34. The lowest BCUT2D eigenvalue weighted by atomic mass is 10.1. The first-order chi connectivity index (χ1) is 6.65. The second-order valence-corrected chi connectivity index (χ2v) is 4.00. The molecule has 0 amide bonds. The van der Waals surface area contributed by atoms with E-state index in [-0.39, 0.29) is 16.9 Å².